The molecule has 0 saturated heterocycles. The standard InChI is InChI=1S/C21H15N/c1-22-19-9-5-4-8-17(19)21-18-13-15-7-3-2-6-14(15)12-16(18)10-11-20(21)22/h2-13H,1H3. The molecule has 0 amide bonds. The predicted molar refractivity (Wildman–Crippen MR) is 95.4 cm³/mol. The van der Waals surface area contributed by atoms with E-state index in [-0.39, 0.29) is 0 Å². The maximum absolute atomic E-state index is 2.33. The van der Waals surface area contributed by atoms with Crippen LogP contribution in [0.4, 0.5) is 0 Å². The Bertz CT molecular complexity index is 1180. The number of hydrogen-bond acceptors (Lipinski definition) is 0. The molecule has 0 N–H and O–H groups in total. The summed E-state index contributed by atoms with van der Waals surface area (Å²) in [6.07, 6.45) is 0. The predicted octanol–water partition coefficient (Wildman–Crippen LogP) is 5.64. The van der Waals surface area contributed by atoms with Crippen molar-refractivity contribution in [1.82, 2.24) is 4.57 Å². The van der Waals surface area contributed by atoms with Crippen molar-refractivity contribution < 1.29 is 0 Å². The van der Waals surface area contributed by atoms with Crippen molar-refractivity contribution in [2.24, 2.45) is 7.05 Å². The van der Waals surface area contributed by atoms with E-state index in [4.69, 9.17) is 0 Å². The van der Waals surface area contributed by atoms with Gasteiger partial charge >= 0.3 is 0 Å². The summed E-state index contributed by atoms with van der Waals surface area (Å²) in [6, 6.07) is 26.4. The highest BCUT2D eigenvalue weighted by Gasteiger charge is 2.11. The van der Waals surface area contributed by atoms with Gasteiger partial charge in [0, 0.05) is 28.9 Å². The molecule has 0 saturated carbocycles. The fraction of sp³-hybridized carbons (Fsp3) is 0.0476. The zero-order valence-electron chi connectivity index (χ0n) is 12.4. The zero-order valence-corrected chi connectivity index (χ0v) is 12.4. The summed E-state index contributed by atoms with van der Waals surface area (Å²) < 4.78 is 2.29. The minimum absolute atomic E-state index is 1.29. The molecular weight excluding hydrogens is 266 g/mol. The lowest BCUT2D eigenvalue weighted by Gasteiger charge is -2.05. The fourth-order valence-electron chi connectivity index (χ4n) is 3.67. The molecule has 0 radical (unpaired) electrons. The first-order valence-corrected chi connectivity index (χ1v) is 7.61. The lowest BCUT2D eigenvalue weighted by molar-refractivity contribution is 1.01. The molecule has 4 aromatic carbocycles. The number of rotatable bonds is 0. The maximum Gasteiger partial charge on any atom is 0.0495 e. The van der Waals surface area contributed by atoms with Gasteiger partial charge in [0.25, 0.3) is 0 Å². The second kappa shape index (κ2) is 4.11. The molecule has 0 bridgehead atoms. The molecule has 5 rings (SSSR count). The third kappa shape index (κ3) is 1.43. The number of aromatic nitrogens is 1. The average Bonchev–Trinajstić information content (AvgIpc) is 2.87. The minimum Gasteiger partial charge on any atom is -0.344 e. The Morgan fingerprint density at radius 2 is 1.32 bits per heavy atom. The van der Waals surface area contributed by atoms with Crippen molar-refractivity contribution in [2.45, 2.75) is 0 Å². The lowest BCUT2D eigenvalue weighted by atomic mass is 9.99. The van der Waals surface area contributed by atoms with Gasteiger partial charge in [-0.2, -0.15) is 0 Å². The van der Waals surface area contributed by atoms with Crippen LogP contribution in [0.3, 0.4) is 0 Å². The van der Waals surface area contributed by atoms with E-state index in [1.54, 1.807) is 0 Å². The monoisotopic (exact) mass is 281 g/mol. The molecule has 1 aromatic heterocycles. The second-order valence-electron chi connectivity index (χ2n) is 5.96. The Balaban J connectivity index is 2.11. The summed E-state index contributed by atoms with van der Waals surface area (Å²) in [4.78, 5) is 0. The number of benzene rings is 4. The molecule has 1 heterocycles. The van der Waals surface area contributed by atoms with Crippen molar-refractivity contribution >= 4 is 43.4 Å². The molecule has 5 aromatic rings. The van der Waals surface area contributed by atoms with Gasteiger partial charge in [-0.1, -0.05) is 48.5 Å². The Hall–Kier alpha value is -2.80. The summed E-state index contributed by atoms with van der Waals surface area (Å²) in [5, 5.41) is 7.95. The number of para-hydroxylation sites is 1. The number of fused-ring (bicyclic) bond motifs is 6. The summed E-state index contributed by atoms with van der Waals surface area (Å²) >= 11 is 0. The quantitative estimate of drug-likeness (QED) is 0.324. The van der Waals surface area contributed by atoms with Crippen LogP contribution < -0.4 is 0 Å². The van der Waals surface area contributed by atoms with E-state index < -0.39 is 0 Å². The van der Waals surface area contributed by atoms with E-state index in [2.05, 4.69) is 84.4 Å². The van der Waals surface area contributed by atoms with Gasteiger partial charge in [0.1, 0.15) is 0 Å². The average molecular weight is 281 g/mol. The molecule has 104 valence electrons. The molecule has 0 aliphatic carbocycles. The van der Waals surface area contributed by atoms with Crippen LogP contribution in [0, 0.1) is 0 Å². The Kier molecular flexibility index (Phi) is 2.21. The lowest BCUT2D eigenvalue weighted by Crippen LogP contribution is -1.86. The number of nitrogens with zero attached hydrogens (tertiary/aromatic N) is 1. The van der Waals surface area contributed by atoms with Crippen LogP contribution in [-0.2, 0) is 7.05 Å². The molecule has 0 atom stereocenters. The van der Waals surface area contributed by atoms with E-state index in [1.807, 2.05) is 0 Å². The highest BCUT2D eigenvalue weighted by Crippen LogP contribution is 2.35. The van der Waals surface area contributed by atoms with Crippen molar-refractivity contribution in [3.05, 3.63) is 72.8 Å². The van der Waals surface area contributed by atoms with Crippen LogP contribution in [0.15, 0.2) is 72.8 Å². The molecular formula is C21H15N. The SMILES string of the molecule is Cn1c2ccccc2c2c3cc4ccccc4cc3ccc21. The summed E-state index contributed by atoms with van der Waals surface area (Å²) in [7, 11) is 2.15. The molecule has 1 heteroatoms. The van der Waals surface area contributed by atoms with Crippen LogP contribution in [0.2, 0.25) is 0 Å². The van der Waals surface area contributed by atoms with Crippen molar-refractivity contribution in [2.75, 3.05) is 0 Å². The van der Waals surface area contributed by atoms with Gasteiger partial charge in [-0.05, 0) is 45.8 Å². The first-order chi connectivity index (χ1) is 10.8. The van der Waals surface area contributed by atoms with E-state index in [0.29, 0.717) is 0 Å². The minimum atomic E-state index is 1.29. The number of aryl methyl sites for hydroxylation is 1. The zero-order chi connectivity index (χ0) is 14.7. The first-order valence-electron chi connectivity index (χ1n) is 7.61. The van der Waals surface area contributed by atoms with Gasteiger partial charge in [-0.15, -0.1) is 0 Å². The van der Waals surface area contributed by atoms with Gasteiger partial charge in [-0.3, -0.25) is 0 Å². The highest BCUT2D eigenvalue weighted by molar-refractivity contribution is 6.22. The fourth-order valence-corrected chi connectivity index (χ4v) is 3.67. The van der Waals surface area contributed by atoms with Crippen LogP contribution in [0.1, 0.15) is 0 Å². The largest absolute Gasteiger partial charge is 0.344 e. The molecule has 22 heavy (non-hydrogen) atoms. The summed E-state index contributed by atoms with van der Waals surface area (Å²) in [6.45, 7) is 0. The third-order valence-electron chi connectivity index (χ3n) is 4.76. The van der Waals surface area contributed by atoms with Crippen molar-refractivity contribution in [3.8, 4) is 0 Å². The molecule has 0 aliphatic heterocycles. The maximum atomic E-state index is 2.33. The summed E-state index contributed by atoms with van der Waals surface area (Å²) in [5.74, 6) is 0. The van der Waals surface area contributed by atoms with Gasteiger partial charge in [-0.25, -0.2) is 0 Å². The number of hydrogen-bond donors (Lipinski definition) is 0. The Labute approximate surface area is 128 Å². The van der Waals surface area contributed by atoms with Crippen molar-refractivity contribution in [1.29, 1.82) is 0 Å². The molecule has 0 unspecified atom stereocenters. The van der Waals surface area contributed by atoms with Crippen LogP contribution in [-0.4, -0.2) is 4.57 Å². The molecule has 0 fully saturated rings. The highest BCUT2D eigenvalue weighted by atomic mass is 14.9. The van der Waals surface area contributed by atoms with Gasteiger partial charge in [0.15, 0.2) is 0 Å². The van der Waals surface area contributed by atoms with Gasteiger partial charge in [0.05, 0.1) is 0 Å². The molecule has 0 aliphatic rings. The first kappa shape index (κ1) is 11.8. The second-order valence-corrected chi connectivity index (χ2v) is 5.96. The Morgan fingerprint density at radius 1 is 0.591 bits per heavy atom. The van der Waals surface area contributed by atoms with Crippen molar-refractivity contribution in [3.63, 3.8) is 0 Å². The molecule has 0 spiro atoms. The molecule has 1 nitrogen and oxygen atoms in total. The normalized spacial score (nSPS) is 11.9. The van der Waals surface area contributed by atoms with E-state index in [1.165, 1.54) is 43.4 Å². The van der Waals surface area contributed by atoms with Gasteiger partial charge < -0.3 is 4.57 Å². The summed E-state index contributed by atoms with van der Waals surface area (Å²) in [5.41, 5.74) is 2.59. The topological polar surface area (TPSA) is 4.93 Å². The smallest absolute Gasteiger partial charge is 0.0495 e. The van der Waals surface area contributed by atoms with Crippen LogP contribution >= 0.6 is 0 Å². The Morgan fingerprint density at radius 3 is 2.18 bits per heavy atom. The van der Waals surface area contributed by atoms with E-state index >= 15 is 0 Å². The van der Waals surface area contributed by atoms with E-state index in [9.17, 15) is 0 Å². The van der Waals surface area contributed by atoms with Crippen LogP contribution in [0.25, 0.3) is 43.4 Å². The van der Waals surface area contributed by atoms with E-state index in [0.717, 1.165) is 0 Å². The van der Waals surface area contributed by atoms with Crippen LogP contribution in [0.5, 0.6) is 0 Å². The van der Waals surface area contributed by atoms with Gasteiger partial charge in [0.2, 0.25) is 0 Å². The third-order valence-corrected chi connectivity index (χ3v) is 4.76.